The van der Waals surface area contributed by atoms with E-state index in [0.29, 0.717) is 5.92 Å². The second kappa shape index (κ2) is 7.37. The lowest BCUT2D eigenvalue weighted by Gasteiger charge is -2.25. The van der Waals surface area contributed by atoms with Crippen LogP contribution in [0.25, 0.3) is 0 Å². The largest absolute Gasteiger partial charge is 0.493 e. The van der Waals surface area contributed by atoms with Crippen LogP contribution in [0.2, 0.25) is 0 Å². The van der Waals surface area contributed by atoms with E-state index in [1.165, 1.54) is 5.56 Å². The van der Waals surface area contributed by atoms with Gasteiger partial charge in [0.15, 0.2) is 11.5 Å². The van der Waals surface area contributed by atoms with Crippen LogP contribution in [0.5, 0.6) is 11.5 Å². The molecule has 1 atom stereocenters. The number of fused-ring (bicyclic) bond motifs is 1. The number of nitrogens with one attached hydrogen (secondary N) is 2. The highest BCUT2D eigenvalue weighted by atomic mass is 16.5. The third-order valence-corrected chi connectivity index (χ3v) is 4.19. The summed E-state index contributed by atoms with van der Waals surface area (Å²) in [4.78, 5) is 0. The van der Waals surface area contributed by atoms with E-state index in [-0.39, 0.29) is 0 Å². The quantitative estimate of drug-likeness (QED) is 0.763. The van der Waals surface area contributed by atoms with Crippen molar-refractivity contribution in [3.05, 3.63) is 36.0 Å². The molecule has 1 aromatic heterocycles. The van der Waals surface area contributed by atoms with Gasteiger partial charge in [0.1, 0.15) is 5.82 Å². The van der Waals surface area contributed by atoms with Crippen molar-refractivity contribution in [2.45, 2.75) is 13.0 Å². The summed E-state index contributed by atoms with van der Waals surface area (Å²) in [5, 5.41) is 11.3. The standard InChI is InChI=1S/C17H24N4O2/c1-22-15-4-3-13(9-16(15)23-2)5-7-18-10-14-11-19-17-6-8-20-21(17)12-14/h3-4,6,8-9,14,18-19H,5,7,10-12H2,1-2H3. The van der Waals surface area contributed by atoms with E-state index in [2.05, 4.69) is 21.8 Å². The average molecular weight is 316 g/mol. The smallest absolute Gasteiger partial charge is 0.160 e. The van der Waals surface area contributed by atoms with Crippen LogP contribution in [0, 0.1) is 5.92 Å². The van der Waals surface area contributed by atoms with Gasteiger partial charge >= 0.3 is 0 Å². The van der Waals surface area contributed by atoms with Gasteiger partial charge in [-0.15, -0.1) is 0 Å². The topological polar surface area (TPSA) is 60.3 Å². The minimum Gasteiger partial charge on any atom is -0.493 e. The Morgan fingerprint density at radius 3 is 2.96 bits per heavy atom. The third kappa shape index (κ3) is 3.76. The molecule has 0 radical (unpaired) electrons. The van der Waals surface area contributed by atoms with Gasteiger partial charge < -0.3 is 20.1 Å². The molecule has 1 aromatic carbocycles. The molecule has 2 heterocycles. The lowest BCUT2D eigenvalue weighted by Crippen LogP contribution is -2.36. The predicted octanol–water partition coefficient (Wildman–Crippen LogP) is 1.77. The molecule has 0 fully saturated rings. The van der Waals surface area contributed by atoms with Crippen LogP contribution in [-0.2, 0) is 13.0 Å². The molecule has 2 aromatic rings. The highest BCUT2D eigenvalue weighted by Crippen LogP contribution is 2.27. The van der Waals surface area contributed by atoms with E-state index in [9.17, 15) is 0 Å². The van der Waals surface area contributed by atoms with E-state index < -0.39 is 0 Å². The van der Waals surface area contributed by atoms with Crippen molar-refractivity contribution < 1.29 is 9.47 Å². The molecule has 0 spiro atoms. The minimum absolute atomic E-state index is 0.563. The first-order chi connectivity index (χ1) is 11.3. The summed E-state index contributed by atoms with van der Waals surface area (Å²) in [6, 6.07) is 8.10. The summed E-state index contributed by atoms with van der Waals surface area (Å²) in [6.45, 7) is 3.89. The SMILES string of the molecule is COc1ccc(CCNCC2CNc3ccnn3C2)cc1OC. The molecule has 0 aliphatic carbocycles. The molecule has 0 saturated heterocycles. The second-order valence-corrected chi connectivity index (χ2v) is 5.79. The maximum absolute atomic E-state index is 5.34. The van der Waals surface area contributed by atoms with Crippen molar-refractivity contribution in [1.29, 1.82) is 0 Å². The molecule has 2 N–H and O–H groups in total. The Morgan fingerprint density at radius 1 is 1.26 bits per heavy atom. The van der Waals surface area contributed by atoms with Gasteiger partial charge in [0.25, 0.3) is 0 Å². The number of aromatic nitrogens is 2. The first kappa shape index (κ1) is 15.7. The first-order valence-corrected chi connectivity index (χ1v) is 7.97. The van der Waals surface area contributed by atoms with Crippen LogP contribution in [0.3, 0.4) is 0 Å². The van der Waals surface area contributed by atoms with E-state index >= 15 is 0 Å². The Labute approximate surface area is 136 Å². The van der Waals surface area contributed by atoms with Gasteiger partial charge in [-0.05, 0) is 30.7 Å². The van der Waals surface area contributed by atoms with Gasteiger partial charge in [-0.3, -0.25) is 0 Å². The zero-order valence-corrected chi connectivity index (χ0v) is 13.7. The summed E-state index contributed by atoms with van der Waals surface area (Å²) >= 11 is 0. The molecular formula is C17H24N4O2. The molecule has 3 rings (SSSR count). The molecule has 124 valence electrons. The Kier molecular flexibility index (Phi) is 5.02. The molecule has 23 heavy (non-hydrogen) atoms. The lowest BCUT2D eigenvalue weighted by molar-refractivity contribution is 0.354. The fourth-order valence-corrected chi connectivity index (χ4v) is 2.90. The van der Waals surface area contributed by atoms with Crippen LogP contribution >= 0.6 is 0 Å². The number of rotatable bonds is 7. The van der Waals surface area contributed by atoms with Crippen LogP contribution in [-0.4, -0.2) is 43.6 Å². The predicted molar refractivity (Wildman–Crippen MR) is 90.3 cm³/mol. The van der Waals surface area contributed by atoms with Crippen molar-refractivity contribution >= 4 is 5.82 Å². The summed E-state index contributed by atoms with van der Waals surface area (Å²) in [5.41, 5.74) is 1.24. The van der Waals surface area contributed by atoms with E-state index in [0.717, 1.165) is 49.9 Å². The maximum atomic E-state index is 5.34. The van der Waals surface area contributed by atoms with Crippen molar-refractivity contribution in [3.8, 4) is 11.5 Å². The second-order valence-electron chi connectivity index (χ2n) is 5.79. The number of hydrogen-bond acceptors (Lipinski definition) is 5. The minimum atomic E-state index is 0.563. The van der Waals surface area contributed by atoms with Crippen LogP contribution in [0.15, 0.2) is 30.5 Å². The number of hydrogen-bond donors (Lipinski definition) is 2. The van der Waals surface area contributed by atoms with E-state index in [4.69, 9.17) is 9.47 Å². The molecule has 0 saturated carbocycles. The monoisotopic (exact) mass is 316 g/mol. The van der Waals surface area contributed by atoms with Crippen molar-refractivity contribution in [2.75, 3.05) is 39.2 Å². The van der Waals surface area contributed by atoms with Gasteiger partial charge in [0, 0.05) is 31.6 Å². The van der Waals surface area contributed by atoms with Crippen LogP contribution in [0.4, 0.5) is 5.82 Å². The van der Waals surface area contributed by atoms with Crippen LogP contribution < -0.4 is 20.1 Å². The molecule has 1 aliphatic rings. The molecule has 0 amide bonds. The van der Waals surface area contributed by atoms with Crippen molar-refractivity contribution in [2.24, 2.45) is 5.92 Å². The molecular weight excluding hydrogens is 292 g/mol. The fourth-order valence-electron chi connectivity index (χ4n) is 2.90. The van der Waals surface area contributed by atoms with Crippen molar-refractivity contribution in [3.63, 3.8) is 0 Å². The zero-order valence-electron chi connectivity index (χ0n) is 13.7. The zero-order chi connectivity index (χ0) is 16.1. The van der Waals surface area contributed by atoms with Gasteiger partial charge in [0.2, 0.25) is 0 Å². The number of nitrogens with zero attached hydrogens (tertiary/aromatic N) is 2. The molecule has 0 bridgehead atoms. The Morgan fingerprint density at radius 2 is 2.13 bits per heavy atom. The number of methoxy groups -OCH3 is 2. The summed E-state index contributed by atoms with van der Waals surface area (Å²) in [5.74, 6) is 3.24. The molecule has 6 nitrogen and oxygen atoms in total. The van der Waals surface area contributed by atoms with Gasteiger partial charge in [-0.25, -0.2) is 4.68 Å². The van der Waals surface area contributed by atoms with Crippen molar-refractivity contribution in [1.82, 2.24) is 15.1 Å². The normalized spacial score (nSPS) is 16.5. The third-order valence-electron chi connectivity index (χ3n) is 4.19. The van der Waals surface area contributed by atoms with Crippen LogP contribution in [0.1, 0.15) is 5.56 Å². The number of ether oxygens (including phenoxy) is 2. The lowest BCUT2D eigenvalue weighted by atomic mass is 10.1. The summed E-state index contributed by atoms with van der Waals surface area (Å²) in [6.07, 6.45) is 2.81. The number of anilines is 1. The average Bonchev–Trinajstić information content (AvgIpc) is 3.06. The molecule has 1 aliphatic heterocycles. The van der Waals surface area contributed by atoms with Gasteiger partial charge in [-0.1, -0.05) is 6.07 Å². The Bertz CT molecular complexity index is 641. The molecule has 6 heteroatoms. The highest BCUT2D eigenvalue weighted by Gasteiger charge is 2.17. The van der Waals surface area contributed by atoms with E-state index in [1.54, 1.807) is 14.2 Å². The highest BCUT2D eigenvalue weighted by molar-refractivity contribution is 5.43. The molecule has 1 unspecified atom stereocenters. The first-order valence-electron chi connectivity index (χ1n) is 7.97. The number of benzene rings is 1. The maximum Gasteiger partial charge on any atom is 0.160 e. The Hall–Kier alpha value is -2.21. The van der Waals surface area contributed by atoms with Gasteiger partial charge in [0.05, 0.1) is 20.4 Å². The fraction of sp³-hybridized carbons (Fsp3) is 0.471. The summed E-state index contributed by atoms with van der Waals surface area (Å²) < 4.78 is 12.6. The summed E-state index contributed by atoms with van der Waals surface area (Å²) in [7, 11) is 3.32. The Balaban J connectivity index is 1.43. The van der Waals surface area contributed by atoms with Gasteiger partial charge in [-0.2, -0.15) is 5.10 Å². The van der Waals surface area contributed by atoms with E-state index in [1.807, 2.05) is 29.1 Å².